The Balaban J connectivity index is 1.90. The predicted octanol–water partition coefficient (Wildman–Crippen LogP) is 4.42. The Morgan fingerprint density at radius 3 is 2.38 bits per heavy atom. The first kappa shape index (κ1) is 25.0. The highest BCUT2D eigenvalue weighted by Crippen LogP contribution is 2.36. The van der Waals surface area contributed by atoms with Gasteiger partial charge >= 0.3 is 0 Å². The Bertz CT molecular complexity index is 1150. The second-order valence-corrected chi connectivity index (χ2v) is 7.69. The summed E-state index contributed by atoms with van der Waals surface area (Å²) in [5.74, 6) is 2.51. The third-order valence-electron chi connectivity index (χ3n) is 5.07. The molecular formula is C25H28ClN3O5. The minimum atomic E-state index is -0.542. The number of hydrogen-bond donors (Lipinski definition) is 1. The molecule has 0 saturated heterocycles. The lowest BCUT2D eigenvalue weighted by molar-refractivity contribution is -0.117. The number of benzene rings is 2. The summed E-state index contributed by atoms with van der Waals surface area (Å²) in [7, 11) is 6.54. The molecule has 0 aliphatic rings. The van der Waals surface area contributed by atoms with Gasteiger partial charge in [-0.3, -0.25) is 4.79 Å². The largest absolute Gasteiger partial charge is 0.497 e. The topological polar surface area (TPSA) is 83.8 Å². The van der Waals surface area contributed by atoms with Crippen LogP contribution >= 0.6 is 11.6 Å². The number of carbonyl (C=O) groups is 1. The first-order valence-electron chi connectivity index (χ1n) is 10.6. The van der Waals surface area contributed by atoms with E-state index in [1.54, 1.807) is 44.7 Å². The lowest BCUT2D eigenvalue weighted by atomic mass is 10.0. The smallest absolute Gasteiger partial charge is 0.244 e. The highest BCUT2D eigenvalue weighted by atomic mass is 35.5. The van der Waals surface area contributed by atoms with Gasteiger partial charge in [0.2, 0.25) is 5.91 Å². The van der Waals surface area contributed by atoms with Crippen molar-refractivity contribution in [1.29, 1.82) is 0 Å². The van der Waals surface area contributed by atoms with E-state index < -0.39 is 6.04 Å². The summed E-state index contributed by atoms with van der Waals surface area (Å²) >= 11 is 6.32. The van der Waals surface area contributed by atoms with Gasteiger partial charge in [0, 0.05) is 31.6 Å². The zero-order valence-electron chi connectivity index (χ0n) is 19.8. The first-order chi connectivity index (χ1) is 16.4. The molecular weight excluding hydrogens is 458 g/mol. The number of methoxy groups -OCH3 is 3. The number of amides is 1. The van der Waals surface area contributed by atoms with Crippen LogP contribution in [0.5, 0.6) is 23.0 Å². The minimum Gasteiger partial charge on any atom is -0.497 e. The second kappa shape index (κ2) is 11.5. The second-order valence-electron chi connectivity index (χ2n) is 7.28. The van der Waals surface area contributed by atoms with Gasteiger partial charge in [0.15, 0.2) is 11.5 Å². The summed E-state index contributed by atoms with van der Waals surface area (Å²) in [5.41, 5.74) is 1.46. The molecule has 3 rings (SSSR count). The van der Waals surface area contributed by atoms with Crippen LogP contribution in [0.4, 0.5) is 0 Å². The van der Waals surface area contributed by atoms with Gasteiger partial charge in [0.1, 0.15) is 23.4 Å². The van der Waals surface area contributed by atoms with Gasteiger partial charge in [-0.05, 0) is 48.4 Å². The average molecular weight is 486 g/mol. The van der Waals surface area contributed by atoms with Gasteiger partial charge in [0.05, 0.1) is 33.0 Å². The highest BCUT2D eigenvalue weighted by molar-refractivity contribution is 6.32. The van der Waals surface area contributed by atoms with Crippen LogP contribution < -0.4 is 24.3 Å². The molecule has 0 bridgehead atoms. The van der Waals surface area contributed by atoms with Crippen LogP contribution in [0.3, 0.4) is 0 Å². The fourth-order valence-corrected chi connectivity index (χ4v) is 3.75. The molecule has 2 aromatic carbocycles. The van der Waals surface area contributed by atoms with E-state index in [4.69, 9.17) is 30.5 Å². The van der Waals surface area contributed by atoms with E-state index in [2.05, 4.69) is 10.3 Å². The third-order valence-corrected chi connectivity index (χ3v) is 5.35. The molecule has 0 saturated carbocycles. The molecule has 9 heteroatoms. The predicted molar refractivity (Wildman–Crippen MR) is 131 cm³/mol. The Kier molecular flexibility index (Phi) is 8.43. The summed E-state index contributed by atoms with van der Waals surface area (Å²) in [4.78, 5) is 17.4. The number of carbonyl (C=O) groups excluding carboxylic acids is 1. The molecule has 0 spiro atoms. The summed E-state index contributed by atoms with van der Waals surface area (Å²) in [6, 6.07) is 8.37. The fourth-order valence-electron chi connectivity index (χ4n) is 3.46. The quantitative estimate of drug-likeness (QED) is 0.428. The number of hydrogen-bond acceptors (Lipinski definition) is 6. The number of nitrogens with one attached hydrogen (secondary N) is 1. The molecule has 1 heterocycles. The number of ether oxygens (including phenoxy) is 4. The number of aromatic nitrogens is 2. The molecule has 3 aromatic rings. The number of halogens is 1. The minimum absolute atomic E-state index is 0.320. The maximum absolute atomic E-state index is 12.9. The number of aryl methyl sites for hydroxylation is 1. The monoisotopic (exact) mass is 485 g/mol. The molecule has 1 atom stereocenters. The first-order valence-corrected chi connectivity index (χ1v) is 11.0. The van der Waals surface area contributed by atoms with Gasteiger partial charge < -0.3 is 28.8 Å². The van der Waals surface area contributed by atoms with Gasteiger partial charge in [-0.1, -0.05) is 11.6 Å². The van der Waals surface area contributed by atoms with Crippen molar-refractivity contribution >= 4 is 23.6 Å². The summed E-state index contributed by atoms with van der Waals surface area (Å²) in [5, 5.41) is 3.41. The standard InChI is InChI=1S/C25H28ClN3O5/c1-6-34-21-12-16(11-20(26)24(21)33-5)7-8-22(30)28-23(25-27-9-10-29(25)2)17-13-18(31-3)15-19(14-17)32-4/h7-15,23H,6H2,1-5H3,(H,28,30)/b8-7+. The van der Waals surface area contributed by atoms with Crippen molar-refractivity contribution in [3.63, 3.8) is 0 Å². The summed E-state index contributed by atoms with van der Waals surface area (Å²) in [6.45, 7) is 2.32. The Labute approximate surface area is 204 Å². The van der Waals surface area contributed by atoms with Crippen molar-refractivity contribution in [2.24, 2.45) is 7.05 Å². The fraction of sp³-hybridized carbons (Fsp3) is 0.280. The van der Waals surface area contributed by atoms with Crippen LogP contribution in [0.2, 0.25) is 5.02 Å². The number of rotatable bonds is 10. The molecule has 0 fully saturated rings. The van der Waals surface area contributed by atoms with Crippen molar-refractivity contribution in [2.75, 3.05) is 27.9 Å². The Morgan fingerprint density at radius 1 is 1.12 bits per heavy atom. The van der Waals surface area contributed by atoms with Gasteiger partial charge in [-0.25, -0.2) is 4.98 Å². The molecule has 34 heavy (non-hydrogen) atoms. The summed E-state index contributed by atoms with van der Waals surface area (Å²) in [6.07, 6.45) is 6.58. The molecule has 180 valence electrons. The van der Waals surface area contributed by atoms with Crippen molar-refractivity contribution in [3.05, 3.63) is 70.8 Å². The van der Waals surface area contributed by atoms with Crippen LogP contribution in [0.1, 0.15) is 29.9 Å². The van der Waals surface area contributed by atoms with E-state index in [0.29, 0.717) is 46.0 Å². The van der Waals surface area contributed by atoms with E-state index in [-0.39, 0.29) is 5.91 Å². The molecule has 0 radical (unpaired) electrons. The molecule has 0 aliphatic heterocycles. The van der Waals surface area contributed by atoms with Crippen molar-refractivity contribution in [3.8, 4) is 23.0 Å². The SMILES string of the molecule is CCOc1cc(/C=C/C(=O)NC(c2cc(OC)cc(OC)c2)c2nccn2C)cc(Cl)c1OC. The maximum Gasteiger partial charge on any atom is 0.244 e. The van der Waals surface area contributed by atoms with Crippen LogP contribution in [-0.4, -0.2) is 43.4 Å². The Hall–Kier alpha value is -3.65. The molecule has 1 aromatic heterocycles. The molecule has 1 amide bonds. The maximum atomic E-state index is 12.9. The van der Waals surface area contributed by atoms with E-state index >= 15 is 0 Å². The van der Waals surface area contributed by atoms with Gasteiger partial charge in [-0.2, -0.15) is 0 Å². The van der Waals surface area contributed by atoms with Crippen molar-refractivity contribution < 1.29 is 23.7 Å². The number of nitrogens with zero attached hydrogens (tertiary/aromatic N) is 2. The lowest BCUT2D eigenvalue weighted by Crippen LogP contribution is -2.29. The highest BCUT2D eigenvalue weighted by Gasteiger charge is 2.22. The van der Waals surface area contributed by atoms with Crippen LogP contribution in [-0.2, 0) is 11.8 Å². The molecule has 0 aliphatic carbocycles. The van der Waals surface area contributed by atoms with Gasteiger partial charge in [-0.15, -0.1) is 0 Å². The Morgan fingerprint density at radius 2 is 1.82 bits per heavy atom. The summed E-state index contributed by atoms with van der Waals surface area (Å²) < 4.78 is 23.6. The van der Waals surface area contributed by atoms with E-state index in [9.17, 15) is 4.79 Å². The van der Waals surface area contributed by atoms with Crippen molar-refractivity contribution in [1.82, 2.24) is 14.9 Å². The molecule has 8 nitrogen and oxygen atoms in total. The van der Waals surface area contributed by atoms with Crippen LogP contribution in [0, 0.1) is 0 Å². The molecule has 1 N–H and O–H groups in total. The van der Waals surface area contributed by atoms with Crippen LogP contribution in [0.25, 0.3) is 6.08 Å². The van der Waals surface area contributed by atoms with Crippen LogP contribution in [0.15, 0.2) is 48.8 Å². The molecule has 1 unspecified atom stereocenters. The van der Waals surface area contributed by atoms with E-state index in [1.807, 2.05) is 36.9 Å². The normalized spacial score (nSPS) is 11.8. The average Bonchev–Trinajstić information content (AvgIpc) is 3.26. The zero-order chi connectivity index (χ0) is 24.7. The van der Waals surface area contributed by atoms with Crippen molar-refractivity contribution in [2.45, 2.75) is 13.0 Å². The third kappa shape index (κ3) is 5.82. The lowest BCUT2D eigenvalue weighted by Gasteiger charge is -2.20. The van der Waals surface area contributed by atoms with E-state index in [0.717, 1.165) is 5.56 Å². The van der Waals surface area contributed by atoms with E-state index in [1.165, 1.54) is 13.2 Å². The zero-order valence-corrected chi connectivity index (χ0v) is 20.6. The van der Waals surface area contributed by atoms with Gasteiger partial charge in [0.25, 0.3) is 0 Å². The number of imidazole rings is 1.